The number of hydrazine groups is 1. The summed E-state index contributed by atoms with van der Waals surface area (Å²) in [5.74, 6) is -0.214. The Balaban J connectivity index is 1.71. The molecule has 0 aliphatic carbocycles. The van der Waals surface area contributed by atoms with Crippen molar-refractivity contribution in [3.8, 4) is 5.75 Å². The van der Waals surface area contributed by atoms with Crippen LogP contribution in [-0.4, -0.2) is 18.4 Å². The van der Waals surface area contributed by atoms with Crippen LogP contribution in [-0.2, 0) is 16.0 Å². The summed E-state index contributed by atoms with van der Waals surface area (Å²) in [4.78, 5) is 24.3. The molecule has 0 spiro atoms. The molecular formula is C18H20N2O3S. The van der Waals surface area contributed by atoms with E-state index in [-0.39, 0.29) is 6.61 Å². The van der Waals surface area contributed by atoms with Crippen LogP contribution < -0.4 is 15.6 Å². The molecule has 0 radical (unpaired) electrons. The van der Waals surface area contributed by atoms with E-state index >= 15 is 0 Å². The number of hydrogen-bond acceptors (Lipinski definition) is 4. The standard InChI is InChI=1S/C18H20N2O3S/c1-3-14-4-6-15(7-5-14)23-12-18(22)20-19-17(21)9-8-16-13(2)10-11-24-16/h4-11H,3,12H2,1-2H3,(H,19,21)(H,20,22)/b9-8+. The highest BCUT2D eigenvalue weighted by Gasteiger charge is 2.04. The van der Waals surface area contributed by atoms with E-state index < -0.39 is 11.8 Å². The van der Waals surface area contributed by atoms with Gasteiger partial charge in [-0.3, -0.25) is 20.4 Å². The fourth-order valence-electron chi connectivity index (χ4n) is 1.89. The lowest BCUT2D eigenvalue weighted by Gasteiger charge is -2.08. The smallest absolute Gasteiger partial charge is 0.276 e. The van der Waals surface area contributed by atoms with E-state index in [9.17, 15) is 9.59 Å². The third-order valence-electron chi connectivity index (χ3n) is 3.31. The molecule has 0 aliphatic rings. The monoisotopic (exact) mass is 344 g/mol. The minimum absolute atomic E-state index is 0.167. The van der Waals surface area contributed by atoms with Crippen LogP contribution in [0.4, 0.5) is 0 Å². The zero-order chi connectivity index (χ0) is 17.4. The minimum atomic E-state index is -0.427. The van der Waals surface area contributed by atoms with E-state index in [0.29, 0.717) is 5.75 Å². The summed E-state index contributed by atoms with van der Waals surface area (Å²) in [7, 11) is 0. The maximum atomic E-state index is 11.7. The fraction of sp³-hybridized carbons (Fsp3) is 0.222. The Kier molecular flexibility index (Phi) is 6.57. The van der Waals surface area contributed by atoms with Gasteiger partial charge in [0.1, 0.15) is 5.75 Å². The van der Waals surface area contributed by atoms with Crippen LogP contribution in [0.5, 0.6) is 5.75 Å². The number of thiophene rings is 1. The maximum absolute atomic E-state index is 11.7. The second-order valence-electron chi connectivity index (χ2n) is 5.12. The zero-order valence-electron chi connectivity index (χ0n) is 13.7. The first-order valence-electron chi connectivity index (χ1n) is 7.61. The number of benzene rings is 1. The summed E-state index contributed by atoms with van der Waals surface area (Å²) in [6.45, 7) is 3.87. The third kappa shape index (κ3) is 5.55. The van der Waals surface area contributed by atoms with Crippen molar-refractivity contribution in [2.75, 3.05) is 6.61 Å². The number of amides is 2. The molecule has 0 saturated heterocycles. The first-order chi connectivity index (χ1) is 11.6. The molecule has 0 fully saturated rings. The van der Waals surface area contributed by atoms with Gasteiger partial charge in [-0.1, -0.05) is 19.1 Å². The highest BCUT2D eigenvalue weighted by atomic mass is 32.1. The summed E-state index contributed by atoms with van der Waals surface area (Å²) in [5, 5.41) is 1.96. The largest absolute Gasteiger partial charge is 0.484 e. The maximum Gasteiger partial charge on any atom is 0.276 e. The normalized spacial score (nSPS) is 10.6. The number of nitrogens with one attached hydrogen (secondary N) is 2. The lowest BCUT2D eigenvalue weighted by Crippen LogP contribution is -2.43. The van der Waals surface area contributed by atoms with Gasteiger partial charge in [0.2, 0.25) is 0 Å². The van der Waals surface area contributed by atoms with Crippen LogP contribution >= 0.6 is 11.3 Å². The van der Waals surface area contributed by atoms with Crippen LogP contribution in [0.3, 0.4) is 0 Å². The summed E-state index contributed by atoms with van der Waals surface area (Å²) >= 11 is 1.55. The van der Waals surface area contributed by atoms with Gasteiger partial charge in [0.15, 0.2) is 6.61 Å². The number of ether oxygens (including phenoxy) is 1. The Morgan fingerprint density at radius 2 is 1.92 bits per heavy atom. The molecule has 0 saturated carbocycles. The van der Waals surface area contributed by atoms with Crippen molar-refractivity contribution < 1.29 is 14.3 Å². The molecule has 2 N–H and O–H groups in total. The number of aryl methyl sites for hydroxylation is 2. The van der Waals surface area contributed by atoms with Gasteiger partial charge in [-0.2, -0.15) is 0 Å². The molecule has 2 amide bonds. The molecular weight excluding hydrogens is 324 g/mol. The van der Waals surface area contributed by atoms with Crippen LogP contribution in [0.1, 0.15) is 22.9 Å². The van der Waals surface area contributed by atoms with Gasteiger partial charge in [-0.15, -0.1) is 11.3 Å². The average molecular weight is 344 g/mol. The predicted octanol–water partition coefficient (Wildman–Crippen LogP) is 2.86. The van der Waals surface area contributed by atoms with Crippen molar-refractivity contribution in [2.45, 2.75) is 20.3 Å². The van der Waals surface area contributed by atoms with E-state index in [1.807, 2.05) is 42.6 Å². The van der Waals surface area contributed by atoms with Crippen molar-refractivity contribution in [1.29, 1.82) is 0 Å². The van der Waals surface area contributed by atoms with Gasteiger partial charge in [0.25, 0.3) is 11.8 Å². The number of carbonyl (C=O) groups excluding carboxylic acids is 2. The number of carbonyl (C=O) groups is 2. The topological polar surface area (TPSA) is 67.4 Å². The molecule has 0 atom stereocenters. The van der Waals surface area contributed by atoms with Crippen LogP contribution in [0, 0.1) is 6.92 Å². The first-order valence-corrected chi connectivity index (χ1v) is 8.49. The van der Waals surface area contributed by atoms with E-state index in [1.165, 1.54) is 11.6 Å². The van der Waals surface area contributed by atoms with E-state index in [0.717, 1.165) is 16.9 Å². The number of rotatable bonds is 6. The lowest BCUT2D eigenvalue weighted by atomic mass is 10.2. The molecule has 6 heteroatoms. The van der Waals surface area contributed by atoms with Crippen LogP contribution in [0.2, 0.25) is 0 Å². The summed E-state index contributed by atoms with van der Waals surface area (Å²) in [5.41, 5.74) is 6.93. The van der Waals surface area contributed by atoms with Crippen LogP contribution in [0.15, 0.2) is 41.8 Å². The van der Waals surface area contributed by atoms with Crippen molar-refractivity contribution >= 4 is 29.2 Å². The second kappa shape index (κ2) is 8.88. The van der Waals surface area contributed by atoms with E-state index in [4.69, 9.17) is 4.74 Å². The van der Waals surface area contributed by atoms with Crippen molar-refractivity contribution in [2.24, 2.45) is 0 Å². The van der Waals surface area contributed by atoms with Gasteiger partial charge in [-0.25, -0.2) is 0 Å². The van der Waals surface area contributed by atoms with Gasteiger partial charge < -0.3 is 4.74 Å². The second-order valence-corrected chi connectivity index (χ2v) is 6.07. The molecule has 0 aliphatic heterocycles. The highest BCUT2D eigenvalue weighted by Crippen LogP contribution is 2.16. The van der Waals surface area contributed by atoms with Gasteiger partial charge in [-0.05, 0) is 54.1 Å². The predicted molar refractivity (Wildman–Crippen MR) is 95.7 cm³/mol. The third-order valence-corrected chi connectivity index (χ3v) is 4.30. The Morgan fingerprint density at radius 3 is 2.54 bits per heavy atom. The van der Waals surface area contributed by atoms with E-state index in [2.05, 4.69) is 17.8 Å². The average Bonchev–Trinajstić information content (AvgIpc) is 3.01. The molecule has 1 heterocycles. The Hall–Kier alpha value is -2.60. The van der Waals surface area contributed by atoms with Crippen LogP contribution in [0.25, 0.3) is 6.08 Å². The molecule has 2 aromatic rings. The van der Waals surface area contributed by atoms with Gasteiger partial charge in [0, 0.05) is 11.0 Å². The van der Waals surface area contributed by atoms with Gasteiger partial charge >= 0.3 is 0 Å². The molecule has 0 unspecified atom stereocenters. The molecule has 24 heavy (non-hydrogen) atoms. The Bertz CT molecular complexity index is 720. The minimum Gasteiger partial charge on any atom is -0.484 e. The van der Waals surface area contributed by atoms with E-state index in [1.54, 1.807) is 17.4 Å². The van der Waals surface area contributed by atoms with Crippen molar-refractivity contribution in [1.82, 2.24) is 10.9 Å². The molecule has 2 rings (SSSR count). The van der Waals surface area contributed by atoms with Gasteiger partial charge in [0.05, 0.1) is 0 Å². The van der Waals surface area contributed by atoms with Crippen molar-refractivity contribution in [3.63, 3.8) is 0 Å². The highest BCUT2D eigenvalue weighted by molar-refractivity contribution is 7.11. The Morgan fingerprint density at radius 1 is 1.17 bits per heavy atom. The first kappa shape index (κ1) is 17.7. The zero-order valence-corrected chi connectivity index (χ0v) is 14.5. The molecule has 0 bridgehead atoms. The summed E-state index contributed by atoms with van der Waals surface area (Å²) in [6.07, 6.45) is 4.04. The molecule has 5 nitrogen and oxygen atoms in total. The summed E-state index contributed by atoms with van der Waals surface area (Å²) < 4.78 is 5.35. The molecule has 1 aromatic heterocycles. The lowest BCUT2D eigenvalue weighted by molar-refractivity contribution is -0.128. The SMILES string of the molecule is CCc1ccc(OCC(=O)NNC(=O)/C=C/c2sccc2C)cc1. The quantitative estimate of drug-likeness (QED) is 0.625. The Labute approximate surface area is 145 Å². The summed E-state index contributed by atoms with van der Waals surface area (Å²) in [6, 6.07) is 9.51. The van der Waals surface area contributed by atoms with Crippen molar-refractivity contribution in [3.05, 3.63) is 57.8 Å². The fourth-order valence-corrected chi connectivity index (χ4v) is 2.71. The molecule has 126 valence electrons. The number of hydrogen-bond donors (Lipinski definition) is 2. The molecule has 1 aromatic carbocycles.